The van der Waals surface area contributed by atoms with Gasteiger partial charge in [-0.15, -0.1) is 34.2 Å². The van der Waals surface area contributed by atoms with Gasteiger partial charge in [0.05, 0.1) is 11.6 Å². The molecule has 0 aliphatic heterocycles. The van der Waals surface area contributed by atoms with Crippen LogP contribution in [0.3, 0.4) is 0 Å². The number of pyridine rings is 1. The first kappa shape index (κ1) is 23.8. The largest absolute Gasteiger partial charge is 0.487 e. The highest BCUT2D eigenvalue weighted by Gasteiger charge is 2.08. The van der Waals surface area contributed by atoms with Crippen LogP contribution in [-0.2, 0) is 19.7 Å². The predicted molar refractivity (Wildman–Crippen MR) is 138 cm³/mol. The van der Waals surface area contributed by atoms with Gasteiger partial charge in [-0.25, -0.2) is 0 Å². The normalized spacial score (nSPS) is 11.1. The molecule has 4 rings (SSSR count). The number of nitrogens with zero attached hydrogens (tertiary/aromatic N) is 4. The van der Waals surface area contributed by atoms with Gasteiger partial charge in [0.25, 0.3) is 0 Å². The fourth-order valence-corrected chi connectivity index (χ4v) is 3.35. The molecule has 9 heteroatoms. The van der Waals surface area contributed by atoms with Crippen LogP contribution in [0.2, 0.25) is 5.02 Å². The van der Waals surface area contributed by atoms with Gasteiger partial charge in [0, 0.05) is 19.8 Å². The average molecular weight is 563 g/mol. The number of guanidine groups is 1. The number of fused-ring (bicyclic) bond motifs is 1. The third kappa shape index (κ3) is 5.89. The third-order valence-corrected chi connectivity index (χ3v) is 5.12. The van der Waals surface area contributed by atoms with E-state index in [1.165, 1.54) is 0 Å². The van der Waals surface area contributed by atoms with Gasteiger partial charge in [0.15, 0.2) is 17.4 Å². The molecular weight excluding hydrogens is 539 g/mol. The summed E-state index contributed by atoms with van der Waals surface area (Å²) in [6.45, 7) is 1.53. The summed E-state index contributed by atoms with van der Waals surface area (Å²) in [4.78, 5) is 4.31. The fraction of sp³-hybridized carbons (Fsp3) is 0.174. The highest BCUT2D eigenvalue weighted by atomic mass is 127. The van der Waals surface area contributed by atoms with Crippen molar-refractivity contribution in [2.24, 2.45) is 4.99 Å². The van der Waals surface area contributed by atoms with Crippen molar-refractivity contribution in [2.75, 3.05) is 7.05 Å². The van der Waals surface area contributed by atoms with Gasteiger partial charge in [0.1, 0.15) is 12.4 Å². The Morgan fingerprint density at radius 2 is 1.66 bits per heavy atom. The highest BCUT2D eigenvalue weighted by Crippen LogP contribution is 2.24. The second kappa shape index (κ2) is 11.7. The van der Waals surface area contributed by atoms with Crippen LogP contribution in [0.4, 0.5) is 0 Å². The van der Waals surface area contributed by atoms with E-state index in [2.05, 4.69) is 31.9 Å². The van der Waals surface area contributed by atoms with Gasteiger partial charge < -0.3 is 15.4 Å². The molecule has 2 aromatic carbocycles. The number of hydrogen-bond acceptors (Lipinski definition) is 4. The van der Waals surface area contributed by atoms with Gasteiger partial charge in [0.2, 0.25) is 0 Å². The maximum atomic E-state index is 6.19. The predicted octanol–water partition coefficient (Wildman–Crippen LogP) is 4.44. The number of benzene rings is 2. The molecule has 0 atom stereocenters. The van der Waals surface area contributed by atoms with Crippen molar-refractivity contribution < 1.29 is 4.74 Å². The molecule has 2 N–H and O–H groups in total. The van der Waals surface area contributed by atoms with Crippen LogP contribution in [0.5, 0.6) is 5.75 Å². The Morgan fingerprint density at radius 3 is 2.47 bits per heavy atom. The summed E-state index contributed by atoms with van der Waals surface area (Å²) in [5, 5.41) is 15.6. The lowest BCUT2D eigenvalue weighted by molar-refractivity contribution is 0.305. The first-order valence-electron chi connectivity index (χ1n) is 9.92. The second-order valence-electron chi connectivity index (χ2n) is 6.81. The Morgan fingerprint density at radius 1 is 0.938 bits per heavy atom. The Bertz CT molecular complexity index is 1200. The van der Waals surface area contributed by atoms with Gasteiger partial charge in [-0.05, 0) is 35.4 Å². The monoisotopic (exact) mass is 562 g/mol. The number of aliphatic imine (C=N–C) groups is 1. The van der Waals surface area contributed by atoms with Crippen molar-refractivity contribution in [2.45, 2.75) is 19.7 Å². The van der Waals surface area contributed by atoms with Crippen LogP contribution < -0.4 is 15.4 Å². The minimum absolute atomic E-state index is 0. The summed E-state index contributed by atoms with van der Waals surface area (Å²) >= 11 is 6.19. The van der Waals surface area contributed by atoms with E-state index in [0.29, 0.717) is 36.4 Å². The van der Waals surface area contributed by atoms with Crippen LogP contribution in [0, 0.1) is 0 Å². The molecule has 0 amide bonds. The smallest absolute Gasteiger partial charge is 0.191 e. The van der Waals surface area contributed by atoms with Crippen molar-refractivity contribution in [1.29, 1.82) is 0 Å². The van der Waals surface area contributed by atoms with Crippen LogP contribution in [0.25, 0.3) is 5.65 Å². The molecular formula is C23H24ClIN6O. The molecule has 0 radical (unpaired) electrons. The maximum Gasteiger partial charge on any atom is 0.191 e. The molecule has 0 saturated heterocycles. The van der Waals surface area contributed by atoms with Crippen LogP contribution >= 0.6 is 35.6 Å². The first-order chi connectivity index (χ1) is 15.2. The number of aromatic nitrogens is 3. The van der Waals surface area contributed by atoms with Gasteiger partial charge >= 0.3 is 0 Å². The maximum absolute atomic E-state index is 6.19. The lowest BCUT2D eigenvalue weighted by Gasteiger charge is -2.15. The molecule has 7 nitrogen and oxygen atoms in total. The summed E-state index contributed by atoms with van der Waals surface area (Å²) < 4.78 is 7.86. The summed E-state index contributed by atoms with van der Waals surface area (Å²) in [5.41, 5.74) is 3.01. The van der Waals surface area contributed by atoms with E-state index in [-0.39, 0.29) is 24.0 Å². The third-order valence-electron chi connectivity index (χ3n) is 4.81. The molecule has 0 aliphatic rings. The van der Waals surface area contributed by atoms with Gasteiger partial charge in [-0.2, -0.15) is 0 Å². The van der Waals surface area contributed by atoms with Crippen LogP contribution in [0.1, 0.15) is 17.0 Å². The zero-order chi connectivity index (χ0) is 21.5. The molecule has 2 aromatic heterocycles. The zero-order valence-corrected chi connectivity index (χ0v) is 20.6. The number of nitrogens with one attached hydrogen (secondary N) is 2. The average Bonchev–Trinajstić information content (AvgIpc) is 3.22. The van der Waals surface area contributed by atoms with Crippen LogP contribution in [-0.4, -0.2) is 27.6 Å². The molecule has 0 spiro atoms. The summed E-state index contributed by atoms with van der Waals surface area (Å²) in [5.74, 6) is 2.16. The molecule has 166 valence electrons. The number of para-hydroxylation sites is 1. The van der Waals surface area contributed by atoms with E-state index in [9.17, 15) is 0 Å². The summed E-state index contributed by atoms with van der Waals surface area (Å²) in [7, 11) is 1.74. The van der Waals surface area contributed by atoms with Crippen molar-refractivity contribution >= 4 is 47.2 Å². The highest BCUT2D eigenvalue weighted by molar-refractivity contribution is 14.0. The van der Waals surface area contributed by atoms with Crippen molar-refractivity contribution in [3.63, 3.8) is 0 Å². The van der Waals surface area contributed by atoms with Crippen molar-refractivity contribution in [3.8, 4) is 5.75 Å². The Balaban J connectivity index is 0.00000289. The van der Waals surface area contributed by atoms with Gasteiger partial charge in [-0.3, -0.25) is 9.39 Å². The summed E-state index contributed by atoms with van der Waals surface area (Å²) in [6, 6.07) is 21.4. The molecule has 4 aromatic rings. The molecule has 32 heavy (non-hydrogen) atoms. The quantitative estimate of drug-likeness (QED) is 0.198. The van der Waals surface area contributed by atoms with E-state index < -0.39 is 0 Å². The van der Waals surface area contributed by atoms with E-state index >= 15 is 0 Å². The second-order valence-corrected chi connectivity index (χ2v) is 7.22. The molecule has 0 aliphatic carbocycles. The minimum atomic E-state index is 0. The van der Waals surface area contributed by atoms with Crippen molar-refractivity contribution in [1.82, 2.24) is 25.2 Å². The topological polar surface area (TPSA) is 75.8 Å². The van der Waals surface area contributed by atoms with E-state index in [1.54, 1.807) is 7.05 Å². The standard InChI is InChI=1S/C23H23ClN6O.HI/c1-25-23(27-15-22-29-28-21-12-6-7-13-30(21)22)26-14-17-8-2-3-9-18(17)16-31-20-11-5-4-10-19(20)24;/h2-13H,14-16H2,1H3,(H2,25,26,27);1H. The number of halogens is 2. The van der Waals surface area contributed by atoms with E-state index in [0.717, 1.165) is 22.6 Å². The first-order valence-corrected chi connectivity index (χ1v) is 10.3. The number of rotatable bonds is 7. The molecule has 0 bridgehead atoms. The lowest BCUT2D eigenvalue weighted by atomic mass is 10.1. The summed E-state index contributed by atoms with van der Waals surface area (Å²) in [6.07, 6.45) is 1.94. The van der Waals surface area contributed by atoms with E-state index in [4.69, 9.17) is 16.3 Å². The number of hydrogen-bond donors (Lipinski definition) is 2. The van der Waals surface area contributed by atoms with E-state index in [1.807, 2.05) is 71.3 Å². The van der Waals surface area contributed by atoms with Gasteiger partial charge in [-0.1, -0.05) is 54.1 Å². The molecule has 2 heterocycles. The van der Waals surface area contributed by atoms with Crippen LogP contribution in [0.15, 0.2) is 77.9 Å². The van der Waals surface area contributed by atoms with Crippen molar-refractivity contribution in [3.05, 3.63) is 94.9 Å². The Labute approximate surface area is 208 Å². The minimum Gasteiger partial charge on any atom is -0.487 e. The fourth-order valence-electron chi connectivity index (χ4n) is 3.16. The molecule has 0 fully saturated rings. The Hall–Kier alpha value is -2.85. The lowest BCUT2D eigenvalue weighted by Crippen LogP contribution is -2.37. The molecule has 0 unspecified atom stereocenters. The Kier molecular flexibility index (Phi) is 8.69. The molecule has 0 saturated carbocycles. The number of ether oxygens (including phenoxy) is 1. The zero-order valence-electron chi connectivity index (χ0n) is 17.5. The SMILES string of the molecule is CN=C(NCc1ccccc1COc1ccccc1Cl)NCc1nnc2ccccn12.I.